The van der Waals surface area contributed by atoms with Crippen molar-refractivity contribution in [1.82, 2.24) is 0 Å². The SMILES string of the molecule is CCCCCNc1c(C(N)=O)oc2ccccc12. The lowest BCUT2D eigenvalue weighted by Crippen LogP contribution is -2.13. The van der Waals surface area contributed by atoms with E-state index in [2.05, 4.69) is 12.2 Å². The molecule has 0 aliphatic carbocycles. The first-order valence-corrected chi connectivity index (χ1v) is 6.29. The number of primary amides is 1. The number of carbonyl (C=O) groups is 1. The molecule has 1 amide bonds. The smallest absolute Gasteiger partial charge is 0.286 e. The third-order valence-corrected chi connectivity index (χ3v) is 2.90. The predicted molar refractivity (Wildman–Crippen MR) is 72.7 cm³/mol. The Morgan fingerprint density at radius 2 is 2.11 bits per heavy atom. The van der Waals surface area contributed by atoms with Crippen LogP contribution in [0.15, 0.2) is 28.7 Å². The summed E-state index contributed by atoms with van der Waals surface area (Å²) in [5.74, 6) is -0.322. The first kappa shape index (κ1) is 12.5. The molecule has 3 N–H and O–H groups in total. The summed E-state index contributed by atoms with van der Waals surface area (Å²) in [5.41, 5.74) is 6.74. The molecule has 0 unspecified atom stereocenters. The Labute approximate surface area is 106 Å². The number of para-hydroxylation sites is 1. The van der Waals surface area contributed by atoms with Gasteiger partial charge in [0.25, 0.3) is 5.91 Å². The minimum atomic E-state index is -0.538. The van der Waals surface area contributed by atoms with Gasteiger partial charge in [-0.15, -0.1) is 0 Å². The van der Waals surface area contributed by atoms with Crippen molar-refractivity contribution >= 4 is 22.6 Å². The molecule has 96 valence electrons. The Morgan fingerprint density at radius 3 is 2.83 bits per heavy atom. The zero-order chi connectivity index (χ0) is 13.0. The number of nitrogens with two attached hydrogens (primary N) is 1. The number of hydrogen-bond acceptors (Lipinski definition) is 3. The molecule has 0 saturated carbocycles. The van der Waals surface area contributed by atoms with Crippen LogP contribution in [-0.4, -0.2) is 12.5 Å². The lowest BCUT2D eigenvalue weighted by Gasteiger charge is -2.05. The molecule has 0 fully saturated rings. The molecule has 0 saturated heterocycles. The quantitative estimate of drug-likeness (QED) is 0.769. The summed E-state index contributed by atoms with van der Waals surface area (Å²) in [6.07, 6.45) is 3.39. The highest BCUT2D eigenvalue weighted by Crippen LogP contribution is 2.30. The lowest BCUT2D eigenvalue weighted by atomic mass is 10.2. The van der Waals surface area contributed by atoms with Crippen LogP contribution >= 0.6 is 0 Å². The molecule has 0 radical (unpaired) electrons. The molecule has 2 aromatic rings. The number of hydrogen-bond donors (Lipinski definition) is 2. The van der Waals surface area contributed by atoms with Crippen molar-refractivity contribution in [2.45, 2.75) is 26.2 Å². The average Bonchev–Trinajstić information content (AvgIpc) is 2.74. The Bertz CT molecular complexity index is 546. The highest BCUT2D eigenvalue weighted by molar-refractivity contribution is 6.05. The van der Waals surface area contributed by atoms with Gasteiger partial charge < -0.3 is 15.5 Å². The van der Waals surface area contributed by atoms with Crippen molar-refractivity contribution in [3.63, 3.8) is 0 Å². The Morgan fingerprint density at radius 1 is 1.33 bits per heavy atom. The third-order valence-electron chi connectivity index (χ3n) is 2.90. The van der Waals surface area contributed by atoms with Crippen LogP contribution in [-0.2, 0) is 0 Å². The third kappa shape index (κ3) is 2.47. The molecule has 1 aromatic heterocycles. The number of amides is 1. The normalized spacial score (nSPS) is 10.7. The zero-order valence-electron chi connectivity index (χ0n) is 10.5. The fraction of sp³-hybridized carbons (Fsp3) is 0.357. The van der Waals surface area contributed by atoms with Gasteiger partial charge in [-0.25, -0.2) is 0 Å². The highest BCUT2D eigenvalue weighted by atomic mass is 16.3. The minimum Gasteiger partial charge on any atom is -0.449 e. The maximum absolute atomic E-state index is 11.4. The van der Waals surface area contributed by atoms with Crippen molar-refractivity contribution < 1.29 is 9.21 Å². The van der Waals surface area contributed by atoms with E-state index < -0.39 is 5.91 Å². The van der Waals surface area contributed by atoms with Gasteiger partial charge in [0, 0.05) is 11.9 Å². The molecule has 0 aliphatic heterocycles. The summed E-state index contributed by atoms with van der Waals surface area (Å²) < 4.78 is 5.48. The number of nitrogens with one attached hydrogen (secondary N) is 1. The number of rotatable bonds is 6. The summed E-state index contributed by atoms with van der Waals surface area (Å²) in [6.45, 7) is 2.97. The number of fused-ring (bicyclic) bond motifs is 1. The van der Waals surface area contributed by atoms with E-state index in [9.17, 15) is 4.79 Å². The first-order valence-electron chi connectivity index (χ1n) is 6.29. The molecule has 18 heavy (non-hydrogen) atoms. The van der Waals surface area contributed by atoms with E-state index in [0.717, 1.165) is 31.2 Å². The number of furan rings is 1. The van der Waals surface area contributed by atoms with Gasteiger partial charge in [-0.2, -0.15) is 0 Å². The van der Waals surface area contributed by atoms with E-state index in [1.54, 1.807) is 0 Å². The Kier molecular flexibility index (Phi) is 3.87. The van der Waals surface area contributed by atoms with Crippen molar-refractivity contribution in [1.29, 1.82) is 0 Å². The first-order chi connectivity index (χ1) is 8.74. The number of unbranched alkanes of at least 4 members (excludes halogenated alkanes) is 2. The van der Waals surface area contributed by atoms with Gasteiger partial charge in [0.05, 0.1) is 5.69 Å². The number of carbonyl (C=O) groups excluding carboxylic acids is 1. The molecular weight excluding hydrogens is 228 g/mol. The second-order valence-corrected chi connectivity index (χ2v) is 4.30. The fourth-order valence-corrected chi connectivity index (χ4v) is 1.98. The van der Waals surface area contributed by atoms with Gasteiger partial charge in [-0.3, -0.25) is 4.79 Å². The molecule has 4 nitrogen and oxygen atoms in total. The minimum absolute atomic E-state index is 0.215. The molecule has 0 atom stereocenters. The zero-order valence-corrected chi connectivity index (χ0v) is 10.5. The van der Waals surface area contributed by atoms with Crippen LogP contribution in [0, 0.1) is 0 Å². The van der Waals surface area contributed by atoms with Gasteiger partial charge in [0.1, 0.15) is 5.58 Å². The predicted octanol–water partition coefficient (Wildman–Crippen LogP) is 3.13. The topological polar surface area (TPSA) is 68.3 Å². The van der Waals surface area contributed by atoms with E-state index in [0.29, 0.717) is 11.3 Å². The molecule has 1 heterocycles. The molecule has 0 bridgehead atoms. The summed E-state index contributed by atoms with van der Waals surface area (Å²) in [6, 6.07) is 7.55. The van der Waals surface area contributed by atoms with Crippen LogP contribution in [0.5, 0.6) is 0 Å². The van der Waals surface area contributed by atoms with Crippen molar-refractivity contribution in [2.75, 3.05) is 11.9 Å². The van der Waals surface area contributed by atoms with Gasteiger partial charge in [-0.05, 0) is 18.6 Å². The van der Waals surface area contributed by atoms with Crippen molar-refractivity contribution in [3.05, 3.63) is 30.0 Å². The summed E-state index contributed by atoms with van der Waals surface area (Å²) in [7, 11) is 0. The van der Waals surface area contributed by atoms with Gasteiger partial charge >= 0.3 is 0 Å². The van der Waals surface area contributed by atoms with E-state index >= 15 is 0 Å². The van der Waals surface area contributed by atoms with Gasteiger partial charge in [-0.1, -0.05) is 31.9 Å². The fourth-order valence-electron chi connectivity index (χ4n) is 1.98. The lowest BCUT2D eigenvalue weighted by molar-refractivity contribution is 0.0977. The standard InChI is InChI=1S/C14H18N2O2/c1-2-3-6-9-16-12-10-7-4-5-8-11(10)18-13(12)14(15)17/h4-5,7-8,16H,2-3,6,9H2,1H3,(H2,15,17). The molecule has 4 heteroatoms. The Balaban J connectivity index is 2.27. The van der Waals surface area contributed by atoms with E-state index in [-0.39, 0.29) is 5.76 Å². The van der Waals surface area contributed by atoms with Crippen molar-refractivity contribution in [2.24, 2.45) is 5.73 Å². The second-order valence-electron chi connectivity index (χ2n) is 4.30. The maximum Gasteiger partial charge on any atom is 0.286 e. The monoisotopic (exact) mass is 246 g/mol. The molecule has 0 spiro atoms. The second kappa shape index (κ2) is 5.58. The van der Waals surface area contributed by atoms with Crippen molar-refractivity contribution in [3.8, 4) is 0 Å². The number of anilines is 1. The van der Waals surface area contributed by atoms with Gasteiger partial charge in [0.15, 0.2) is 0 Å². The Hall–Kier alpha value is -1.97. The summed E-state index contributed by atoms with van der Waals surface area (Å²) in [5, 5.41) is 4.16. The number of benzene rings is 1. The van der Waals surface area contributed by atoms with Crippen LogP contribution in [0.1, 0.15) is 36.7 Å². The largest absolute Gasteiger partial charge is 0.449 e. The molecular formula is C14H18N2O2. The van der Waals surface area contributed by atoms with Crippen LogP contribution in [0.4, 0.5) is 5.69 Å². The highest BCUT2D eigenvalue weighted by Gasteiger charge is 2.17. The van der Waals surface area contributed by atoms with Crippen LogP contribution in [0.25, 0.3) is 11.0 Å². The van der Waals surface area contributed by atoms with Crippen LogP contribution in [0.3, 0.4) is 0 Å². The van der Waals surface area contributed by atoms with Crippen LogP contribution < -0.4 is 11.1 Å². The average molecular weight is 246 g/mol. The van der Waals surface area contributed by atoms with E-state index in [1.807, 2.05) is 24.3 Å². The van der Waals surface area contributed by atoms with Gasteiger partial charge in [0.2, 0.25) is 5.76 Å². The van der Waals surface area contributed by atoms with E-state index in [4.69, 9.17) is 10.2 Å². The molecule has 0 aliphatic rings. The van der Waals surface area contributed by atoms with E-state index in [1.165, 1.54) is 0 Å². The maximum atomic E-state index is 11.4. The summed E-state index contributed by atoms with van der Waals surface area (Å²) >= 11 is 0. The molecule has 2 rings (SSSR count). The van der Waals surface area contributed by atoms with Crippen LogP contribution in [0.2, 0.25) is 0 Å². The summed E-state index contributed by atoms with van der Waals surface area (Å²) in [4.78, 5) is 11.4. The molecule has 1 aromatic carbocycles.